The third-order valence-corrected chi connectivity index (χ3v) is 3.66. The Morgan fingerprint density at radius 1 is 1.39 bits per heavy atom. The largest absolute Gasteiger partial charge is 0.380 e. The molecule has 0 aromatic carbocycles. The summed E-state index contributed by atoms with van der Waals surface area (Å²) in [6.07, 6.45) is 7.73. The molecule has 0 radical (unpaired) electrons. The van der Waals surface area contributed by atoms with Crippen molar-refractivity contribution in [1.29, 1.82) is 0 Å². The van der Waals surface area contributed by atoms with E-state index in [9.17, 15) is 0 Å². The van der Waals surface area contributed by atoms with Crippen molar-refractivity contribution in [3.05, 3.63) is 0 Å². The van der Waals surface area contributed by atoms with Crippen LogP contribution in [0.4, 0.5) is 0 Å². The molecule has 1 fully saturated rings. The standard InChI is InChI=1S/C15H28N2O/c1-5-9-17-10-7-14(8-11-17)16-15(13(3)4)12-18-6-2/h1,13-16H,6-12H2,2-4H3. The summed E-state index contributed by atoms with van der Waals surface area (Å²) in [6.45, 7) is 11.2. The van der Waals surface area contributed by atoms with Gasteiger partial charge in [0.05, 0.1) is 13.2 Å². The topological polar surface area (TPSA) is 24.5 Å². The molecule has 0 aliphatic carbocycles. The predicted molar refractivity (Wildman–Crippen MR) is 76.5 cm³/mol. The van der Waals surface area contributed by atoms with E-state index in [0.29, 0.717) is 18.0 Å². The Balaban J connectivity index is 2.31. The highest BCUT2D eigenvalue weighted by molar-refractivity contribution is 4.91. The van der Waals surface area contributed by atoms with Crippen LogP contribution in [-0.2, 0) is 4.74 Å². The lowest BCUT2D eigenvalue weighted by atomic mass is 9.99. The van der Waals surface area contributed by atoms with E-state index in [4.69, 9.17) is 11.2 Å². The van der Waals surface area contributed by atoms with Crippen molar-refractivity contribution in [2.45, 2.75) is 45.7 Å². The summed E-state index contributed by atoms with van der Waals surface area (Å²) >= 11 is 0. The van der Waals surface area contributed by atoms with Gasteiger partial charge in [-0.05, 0) is 25.7 Å². The van der Waals surface area contributed by atoms with E-state index in [1.165, 1.54) is 12.8 Å². The third kappa shape index (κ3) is 5.39. The second-order valence-electron chi connectivity index (χ2n) is 5.43. The fourth-order valence-electron chi connectivity index (χ4n) is 2.37. The molecular formula is C15H28N2O. The quantitative estimate of drug-likeness (QED) is 0.699. The number of terminal acetylenes is 1. The van der Waals surface area contributed by atoms with Crippen LogP contribution < -0.4 is 5.32 Å². The minimum Gasteiger partial charge on any atom is -0.380 e. The van der Waals surface area contributed by atoms with Crippen molar-refractivity contribution < 1.29 is 4.74 Å². The van der Waals surface area contributed by atoms with Gasteiger partial charge in [0.25, 0.3) is 0 Å². The molecule has 0 spiro atoms. The van der Waals surface area contributed by atoms with Crippen molar-refractivity contribution in [3.8, 4) is 12.3 Å². The van der Waals surface area contributed by atoms with Crippen molar-refractivity contribution in [2.24, 2.45) is 5.92 Å². The van der Waals surface area contributed by atoms with Gasteiger partial charge in [-0.3, -0.25) is 4.90 Å². The van der Waals surface area contributed by atoms with Gasteiger partial charge >= 0.3 is 0 Å². The van der Waals surface area contributed by atoms with Gasteiger partial charge < -0.3 is 10.1 Å². The normalized spacial score (nSPS) is 19.9. The molecule has 1 rings (SSSR count). The Bertz CT molecular complexity index is 252. The van der Waals surface area contributed by atoms with Crippen LogP contribution in [-0.4, -0.2) is 49.8 Å². The van der Waals surface area contributed by atoms with Crippen LogP contribution in [0.5, 0.6) is 0 Å². The molecular weight excluding hydrogens is 224 g/mol. The average molecular weight is 252 g/mol. The molecule has 0 saturated carbocycles. The molecule has 1 N–H and O–H groups in total. The molecule has 18 heavy (non-hydrogen) atoms. The van der Waals surface area contributed by atoms with Gasteiger partial charge in [-0.25, -0.2) is 0 Å². The molecule has 1 atom stereocenters. The number of nitrogens with one attached hydrogen (secondary N) is 1. The molecule has 1 heterocycles. The highest BCUT2D eigenvalue weighted by Gasteiger charge is 2.22. The van der Waals surface area contributed by atoms with Gasteiger partial charge in [0.1, 0.15) is 0 Å². The van der Waals surface area contributed by atoms with Crippen molar-refractivity contribution in [2.75, 3.05) is 32.8 Å². The zero-order valence-corrected chi connectivity index (χ0v) is 12.1. The monoisotopic (exact) mass is 252 g/mol. The van der Waals surface area contributed by atoms with E-state index in [1.807, 2.05) is 0 Å². The van der Waals surface area contributed by atoms with Crippen molar-refractivity contribution in [3.63, 3.8) is 0 Å². The number of nitrogens with zero attached hydrogens (tertiary/aromatic N) is 1. The van der Waals surface area contributed by atoms with Gasteiger partial charge in [0.15, 0.2) is 0 Å². The van der Waals surface area contributed by atoms with Crippen molar-refractivity contribution >= 4 is 0 Å². The number of hydrogen-bond donors (Lipinski definition) is 1. The van der Waals surface area contributed by atoms with Crippen LogP contribution in [0.2, 0.25) is 0 Å². The maximum atomic E-state index is 5.56. The first-order valence-corrected chi connectivity index (χ1v) is 7.17. The Kier molecular flexibility index (Phi) is 7.34. The number of piperidine rings is 1. The van der Waals surface area contributed by atoms with E-state index in [2.05, 4.69) is 36.9 Å². The molecule has 3 heteroatoms. The van der Waals surface area contributed by atoms with E-state index in [1.54, 1.807) is 0 Å². The summed E-state index contributed by atoms with van der Waals surface area (Å²) < 4.78 is 5.56. The SMILES string of the molecule is C#CCN1CCC(NC(COCC)C(C)C)CC1. The fourth-order valence-corrected chi connectivity index (χ4v) is 2.37. The zero-order chi connectivity index (χ0) is 13.4. The second kappa shape index (κ2) is 8.53. The van der Waals surface area contributed by atoms with Gasteiger partial charge in [-0.1, -0.05) is 19.8 Å². The maximum Gasteiger partial charge on any atom is 0.0622 e. The summed E-state index contributed by atoms with van der Waals surface area (Å²) in [5.74, 6) is 3.34. The molecule has 1 aliphatic rings. The van der Waals surface area contributed by atoms with Crippen LogP contribution in [0.3, 0.4) is 0 Å². The summed E-state index contributed by atoms with van der Waals surface area (Å²) in [5, 5.41) is 3.75. The lowest BCUT2D eigenvalue weighted by Crippen LogP contribution is -2.49. The van der Waals surface area contributed by atoms with Crippen LogP contribution in [0.1, 0.15) is 33.6 Å². The number of rotatable bonds is 7. The maximum absolute atomic E-state index is 5.56. The van der Waals surface area contributed by atoms with Crippen molar-refractivity contribution in [1.82, 2.24) is 10.2 Å². The van der Waals surface area contributed by atoms with Gasteiger partial charge in [0.2, 0.25) is 0 Å². The Hall–Kier alpha value is -0.560. The first kappa shape index (κ1) is 15.5. The number of likely N-dealkylation sites (tertiary alicyclic amines) is 1. The molecule has 104 valence electrons. The molecule has 1 unspecified atom stereocenters. The van der Waals surface area contributed by atoms with Gasteiger partial charge in [-0.15, -0.1) is 6.42 Å². The van der Waals surface area contributed by atoms with E-state index in [-0.39, 0.29) is 0 Å². The smallest absolute Gasteiger partial charge is 0.0622 e. The average Bonchev–Trinajstić information content (AvgIpc) is 2.36. The van der Waals surface area contributed by atoms with Gasteiger partial charge in [0, 0.05) is 31.8 Å². The summed E-state index contributed by atoms with van der Waals surface area (Å²) in [4.78, 5) is 2.35. The van der Waals surface area contributed by atoms with Gasteiger partial charge in [-0.2, -0.15) is 0 Å². The fraction of sp³-hybridized carbons (Fsp3) is 0.867. The summed E-state index contributed by atoms with van der Waals surface area (Å²) in [5.41, 5.74) is 0. The number of hydrogen-bond acceptors (Lipinski definition) is 3. The Morgan fingerprint density at radius 2 is 2.06 bits per heavy atom. The molecule has 3 nitrogen and oxygen atoms in total. The minimum atomic E-state index is 0.467. The first-order valence-electron chi connectivity index (χ1n) is 7.17. The summed E-state index contributed by atoms with van der Waals surface area (Å²) in [6, 6.07) is 1.08. The highest BCUT2D eigenvalue weighted by atomic mass is 16.5. The molecule has 1 aliphatic heterocycles. The molecule has 0 aromatic heterocycles. The van der Waals surface area contributed by atoms with Crippen LogP contribution >= 0.6 is 0 Å². The first-order chi connectivity index (χ1) is 8.67. The van der Waals surface area contributed by atoms with E-state index >= 15 is 0 Å². The van der Waals surface area contributed by atoms with Crippen LogP contribution in [0, 0.1) is 18.3 Å². The highest BCUT2D eigenvalue weighted by Crippen LogP contribution is 2.13. The third-order valence-electron chi connectivity index (χ3n) is 3.66. The molecule has 0 amide bonds. The number of ether oxygens (including phenoxy) is 1. The molecule has 0 aromatic rings. The minimum absolute atomic E-state index is 0.467. The second-order valence-corrected chi connectivity index (χ2v) is 5.43. The van der Waals surface area contributed by atoms with Crippen LogP contribution in [0.15, 0.2) is 0 Å². The molecule has 0 bridgehead atoms. The zero-order valence-electron chi connectivity index (χ0n) is 12.1. The lowest BCUT2D eigenvalue weighted by Gasteiger charge is -2.34. The van der Waals surface area contributed by atoms with Crippen LogP contribution in [0.25, 0.3) is 0 Å². The summed E-state index contributed by atoms with van der Waals surface area (Å²) in [7, 11) is 0. The Morgan fingerprint density at radius 3 is 2.56 bits per heavy atom. The lowest BCUT2D eigenvalue weighted by molar-refractivity contribution is 0.0959. The predicted octanol–water partition coefficient (Wildman–Crippen LogP) is 1.73. The van der Waals surface area contributed by atoms with E-state index in [0.717, 1.165) is 32.8 Å². The molecule has 1 saturated heterocycles. The Labute approximate surface area is 112 Å². The van der Waals surface area contributed by atoms with E-state index < -0.39 is 0 Å².